The van der Waals surface area contributed by atoms with Crippen LogP contribution in [0.25, 0.3) is 11.2 Å². The first-order valence-corrected chi connectivity index (χ1v) is 17.2. The molecule has 17 heteroatoms. The summed E-state index contributed by atoms with van der Waals surface area (Å²) < 4.78 is 30.6. The van der Waals surface area contributed by atoms with Crippen molar-refractivity contribution in [2.75, 3.05) is 23.9 Å². The third kappa shape index (κ3) is 9.27. The number of anilines is 3. The molecule has 2 aromatic heterocycles. The minimum Gasteiger partial charge on any atom is -0.466 e. The van der Waals surface area contributed by atoms with Crippen LogP contribution in [0.2, 0.25) is 0 Å². The molecular weight excluding hydrogens is 702 g/mol. The van der Waals surface area contributed by atoms with Crippen LogP contribution in [0, 0.1) is 0 Å². The van der Waals surface area contributed by atoms with Gasteiger partial charge in [-0.15, -0.1) is 0 Å². The highest BCUT2D eigenvalue weighted by Gasteiger charge is 2.52. The number of likely N-dealkylation sites (N-methyl/N-ethyl adjacent to an activating group) is 1. The van der Waals surface area contributed by atoms with Crippen molar-refractivity contribution < 1.29 is 47.7 Å². The molecule has 1 aliphatic rings. The number of nitrogens with zero attached hydrogens (tertiary/aromatic N) is 6. The van der Waals surface area contributed by atoms with Gasteiger partial charge in [0.1, 0.15) is 18.0 Å². The maximum absolute atomic E-state index is 14.2. The van der Waals surface area contributed by atoms with E-state index in [0.29, 0.717) is 11.4 Å². The number of esters is 2. The maximum Gasteiger partial charge on any atom is 0.425 e. The molecule has 2 aromatic carbocycles. The zero-order chi connectivity index (χ0) is 39.2. The molecule has 3 amide bonds. The Morgan fingerprint density at radius 1 is 0.926 bits per heavy atom. The van der Waals surface area contributed by atoms with E-state index in [-0.39, 0.29) is 42.4 Å². The molecule has 0 bridgehead atoms. The summed E-state index contributed by atoms with van der Waals surface area (Å²) in [5, 5.41) is 2.50. The largest absolute Gasteiger partial charge is 0.466 e. The van der Waals surface area contributed by atoms with Crippen LogP contribution in [0.1, 0.15) is 60.6 Å². The number of ether oxygens (including phenoxy) is 5. The van der Waals surface area contributed by atoms with E-state index in [1.165, 1.54) is 41.6 Å². The molecule has 1 fully saturated rings. The molecule has 0 aliphatic carbocycles. The Morgan fingerprint density at radius 3 is 2.11 bits per heavy atom. The monoisotopic (exact) mass is 745 g/mol. The number of carbonyl (C=O) groups excluding carboxylic acids is 5. The minimum atomic E-state index is -1.23. The van der Waals surface area contributed by atoms with Crippen LogP contribution in [0.15, 0.2) is 67.0 Å². The van der Waals surface area contributed by atoms with Gasteiger partial charge in [0.2, 0.25) is 11.9 Å². The molecule has 1 N–H and O–H groups in total. The quantitative estimate of drug-likeness (QED) is 0.149. The summed E-state index contributed by atoms with van der Waals surface area (Å²) in [6, 6.07) is 16.6. The summed E-state index contributed by atoms with van der Waals surface area (Å²) in [7, 11) is 1.47. The minimum absolute atomic E-state index is 0.0142. The maximum atomic E-state index is 14.2. The van der Waals surface area contributed by atoms with Gasteiger partial charge in [-0.2, -0.15) is 9.97 Å². The number of aromatic nitrogens is 4. The van der Waals surface area contributed by atoms with E-state index < -0.39 is 60.1 Å². The zero-order valence-electron chi connectivity index (χ0n) is 31.0. The van der Waals surface area contributed by atoms with Crippen LogP contribution < -0.4 is 15.0 Å². The molecular formula is C37H43N7O10. The number of imidazole rings is 1. The number of fused-ring (bicyclic) bond motifs is 1. The highest BCUT2D eigenvalue weighted by molar-refractivity contribution is 5.98. The second kappa shape index (κ2) is 16.7. The van der Waals surface area contributed by atoms with E-state index in [9.17, 15) is 24.0 Å². The van der Waals surface area contributed by atoms with Gasteiger partial charge in [0, 0.05) is 27.3 Å². The van der Waals surface area contributed by atoms with Crippen molar-refractivity contribution in [2.45, 2.75) is 84.5 Å². The van der Waals surface area contributed by atoms with Gasteiger partial charge in [-0.25, -0.2) is 19.5 Å². The molecule has 54 heavy (non-hydrogen) atoms. The molecule has 4 atom stereocenters. The first-order valence-electron chi connectivity index (χ1n) is 17.2. The molecule has 0 unspecified atom stereocenters. The summed E-state index contributed by atoms with van der Waals surface area (Å²) in [5.41, 5.74) is 0.129. The Balaban J connectivity index is 1.63. The molecule has 3 heterocycles. The van der Waals surface area contributed by atoms with Gasteiger partial charge in [0.05, 0.1) is 24.1 Å². The van der Waals surface area contributed by atoms with Crippen molar-refractivity contribution in [2.24, 2.45) is 0 Å². The number of amides is 3. The number of nitrogens with one attached hydrogen (secondary N) is 1. The molecule has 17 nitrogen and oxygen atoms in total. The molecule has 4 aromatic rings. The van der Waals surface area contributed by atoms with Crippen molar-refractivity contribution in [3.05, 3.63) is 67.0 Å². The van der Waals surface area contributed by atoms with Crippen LogP contribution >= 0.6 is 0 Å². The zero-order valence-corrected chi connectivity index (χ0v) is 31.0. The smallest absolute Gasteiger partial charge is 0.425 e. The predicted molar refractivity (Wildman–Crippen MR) is 194 cm³/mol. The third-order valence-corrected chi connectivity index (χ3v) is 8.04. The van der Waals surface area contributed by atoms with Crippen LogP contribution in [0.5, 0.6) is 5.88 Å². The Bertz CT molecular complexity index is 1940. The highest BCUT2D eigenvalue weighted by atomic mass is 16.6. The molecule has 0 saturated carbocycles. The van der Waals surface area contributed by atoms with Crippen molar-refractivity contribution >= 4 is 58.5 Å². The number of rotatable bonds is 11. The molecule has 1 aliphatic heterocycles. The molecule has 0 spiro atoms. The molecule has 5 rings (SSSR count). The van der Waals surface area contributed by atoms with Gasteiger partial charge in [-0.1, -0.05) is 36.4 Å². The van der Waals surface area contributed by atoms with Gasteiger partial charge >= 0.3 is 24.1 Å². The predicted octanol–water partition coefficient (Wildman–Crippen LogP) is 5.53. The summed E-state index contributed by atoms with van der Waals surface area (Å²) in [6.45, 7) is 9.44. The average molecular weight is 746 g/mol. The molecule has 0 radical (unpaired) electrons. The van der Waals surface area contributed by atoms with Crippen LogP contribution in [-0.2, 0) is 33.3 Å². The fourth-order valence-electron chi connectivity index (χ4n) is 5.95. The van der Waals surface area contributed by atoms with E-state index in [2.05, 4.69) is 20.3 Å². The van der Waals surface area contributed by atoms with E-state index in [4.69, 9.17) is 23.7 Å². The second-order valence-corrected chi connectivity index (χ2v) is 13.3. The van der Waals surface area contributed by atoms with Gasteiger partial charge < -0.3 is 28.6 Å². The lowest BCUT2D eigenvalue weighted by Gasteiger charge is -2.33. The lowest BCUT2D eigenvalue weighted by Crippen LogP contribution is -2.51. The van der Waals surface area contributed by atoms with E-state index >= 15 is 0 Å². The third-order valence-electron chi connectivity index (χ3n) is 8.04. The van der Waals surface area contributed by atoms with Crippen LogP contribution in [0.3, 0.4) is 0 Å². The Kier molecular flexibility index (Phi) is 12.1. The van der Waals surface area contributed by atoms with Gasteiger partial charge in [0.25, 0.3) is 5.88 Å². The first-order chi connectivity index (χ1) is 25.7. The summed E-state index contributed by atoms with van der Waals surface area (Å²) in [4.78, 5) is 80.6. The van der Waals surface area contributed by atoms with Crippen molar-refractivity contribution in [1.29, 1.82) is 0 Å². The van der Waals surface area contributed by atoms with Crippen molar-refractivity contribution in [3.8, 4) is 5.88 Å². The van der Waals surface area contributed by atoms with Gasteiger partial charge in [0.15, 0.2) is 23.5 Å². The topological polar surface area (TPSA) is 194 Å². The van der Waals surface area contributed by atoms with Gasteiger partial charge in [-0.3, -0.25) is 24.3 Å². The summed E-state index contributed by atoms with van der Waals surface area (Å²) in [5.74, 6) is -2.19. The van der Waals surface area contributed by atoms with Crippen molar-refractivity contribution in [1.82, 2.24) is 24.4 Å². The number of hydrogen-bond donors (Lipinski definition) is 1. The fourth-order valence-corrected chi connectivity index (χ4v) is 5.95. The van der Waals surface area contributed by atoms with Crippen LogP contribution in [0.4, 0.5) is 26.9 Å². The summed E-state index contributed by atoms with van der Waals surface area (Å²) >= 11 is 0. The van der Waals surface area contributed by atoms with Gasteiger partial charge in [-0.05, 0) is 58.4 Å². The highest BCUT2D eigenvalue weighted by Crippen LogP contribution is 2.40. The average Bonchev–Trinajstić information content (AvgIpc) is 3.68. The van der Waals surface area contributed by atoms with E-state index in [1.807, 2.05) is 0 Å². The Hall–Kier alpha value is -6.10. The van der Waals surface area contributed by atoms with Crippen molar-refractivity contribution in [3.63, 3.8) is 0 Å². The van der Waals surface area contributed by atoms with E-state index in [1.54, 1.807) is 88.4 Å². The second-order valence-electron chi connectivity index (χ2n) is 13.3. The fraction of sp³-hybridized carbons (Fsp3) is 0.405. The normalized spacial score (nSPS) is 18.1. The number of carbonyl (C=O) groups is 5. The number of benzene rings is 2. The number of para-hydroxylation sites is 2. The first kappa shape index (κ1) is 39.1. The Labute approximate surface area is 311 Å². The SMILES string of the molecule is CCOC(=O)CC[C@H]1O[C@@H](n2cnc3nc(NC(C)=O)nc(OC(=O)N(c4ccccc4)c4ccccc4)c32)[C@H](OC(C)=O)[C@H]1N(C)C(=O)OC(C)(C)C. The number of hydrogen-bond acceptors (Lipinski definition) is 13. The lowest BCUT2D eigenvalue weighted by atomic mass is 10.0. The molecule has 286 valence electrons. The van der Waals surface area contributed by atoms with E-state index in [0.717, 1.165) is 0 Å². The standard InChI is InChI=1S/C37H43N7O10/c1-8-50-27(47)20-19-26-28(42(7)35(48)54-37(4,5)6)30(51-23(3)46)33(52-26)43-21-38-31-29(43)32(41-34(40-31)39-22(2)45)53-36(49)44(24-15-11-9-12-16-24)25-17-13-10-14-18-25/h9-18,21,26,28,30,33H,8,19-20H2,1-7H3,(H,39,40,41,45)/t26-,28+,30-,33-/m1/s1. The molecule has 1 saturated heterocycles. The lowest BCUT2D eigenvalue weighted by molar-refractivity contribution is -0.154. The summed E-state index contributed by atoms with van der Waals surface area (Å²) in [6.07, 6.45) is -3.65. The Morgan fingerprint density at radius 2 is 1.56 bits per heavy atom. The van der Waals surface area contributed by atoms with Crippen LogP contribution in [-0.4, -0.2) is 92.0 Å².